The number of hydrogen-bond donors (Lipinski definition) is 1. The molecule has 1 atom stereocenters. The van der Waals surface area contributed by atoms with Gasteiger partial charge in [-0.1, -0.05) is 19.3 Å². The maximum atomic E-state index is 11.6. The number of carbonyl (C=O) groups is 1. The molecular weight excluding hydrogens is 202 g/mol. The van der Waals surface area contributed by atoms with E-state index in [2.05, 4.69) is 5.32 Å². The van der Waals surface area contributed by atoms with Crippen molar-refractivity contribution in [3.63, 3.8) is 0 Å². The highest BCUT2D eigenvalue weighted by molar-refractivity contribution is 5.73. The molecule has 1 unspecified atom stereocenters. The van der Waals surface area contributed by atoms with Crippen LogP contribution < -0.4 is 5.32 Å². The predicted octanol–water partition coefficient (Wildman–Crippen LogP) is 2.11. The van der Waals surface area contributed by atoms with Gasteiger partial charge in [-0.15, -0.1) is 0 Å². The quantitative estimate of drug-likeness (QED) is 0.728. The lowest BCUT2D eigenvalue weighted by atomic mass is 9.94. The standard InChI is InChI=1S/C13H23NO2/c1-16-13(15)12(10-7-8-10)9-14-11-5-3-2-4-6-11/h10-12,14H,2-9H2,1H3. The second kappa shape index (κ2) is 5.67. The van der Waals surface area contributed by atoms with Crippen molar-refractivity contribution in [1.29, 1.82) is 0 Å². The molecule has 16 heavy (non-hydrogen) atoms. The molecule has 0 aliphatic heterocycles. The molecule has 0 radical (unpaired) electrons. The fourth-order valence-electron chi connectivity index (χ4n) is 2.69. The van der Waals surface area contributed by atoms with Gasteiger partial charge in [0.1, 0.15) is 0 Å². The first-order valence-electron chi connectivity index (χ1n) is 6.62. The molecule has 2 aliphatic carbocycles. The third-order valence-corrected chi connectivity index (χ3v) is 3.93. The molecule has 0 aromatic rings. The van der Waals surface area contributed by atoms with Crippen LogP contribution in [0.15, 0.2) is 0 Å². The molecule has 2 saturated carbocycles. The van der Waals surface area contributed by atoms with Crippen molar-refractivity contribution < 1.29 is 9.53 Å². The Morgan fingerprint density at radius 1 is 1.25 bits per heavy atom. The summed E-state index contributed by atoms with van der Waals surface area (Å²) in [6.07, 6.45) is 9.00. The summed E-state index contributed by atoms with van der Waals surface area (Å²) in [5, 5.41) is 3.56. The van der Waals surface area contributed by atoms with Gasteiger partial charge in [0.15, 0.2) is 0 Å². The van der Waals surface area contributed by atoms with Gasteiger partial charge in [-0.3, -0.25) is 4.79 Å². The Morgan fingerprint density at radius 2 is 1.94 bits per heavy atom. The van der Waals surface area contributed by atoms with Gasteiger partial charge in [-0.25, -0.2) is 0 Å². The van der Waals surface area contributed by atoms with E-state index in [1.54, 1.807) is 0 Å². The molecule has 0 saturated heterocycles. The first-order valence-corrected chi connectivity index (χ1v) is 6.62. The fourth-order valence-corrected chi connectivity index (χ4v) is 2.69. The Hall–Kier alpha value is -0.570. The predicted molar refractivity (Wildman–Crippen MR) is 63.1 cm³/mol. The number of rotatable bonds is 5. The zero-order valence-corrected chi connectivity index (χ0v) is 10.2. The van der Waals surface area contributed by atoms with Gasteiger partial charge in [-0.05, 0) is 31.6 Å². The summed E-state index contributed by atoms with van der Waals surface area (Å²) in [4.78, 5) is 11.6. The van der Waals surface area contributed by atoms with Crippen molar-refractivity contribution >= 4 is 5.97 Å². The van der Waals surface area contributed by atoms with Crippen LogP contribution in [0.25, 0.3) is 0 Å². The van der Waals surface area contributed by atoms with Crippen molar-refractivity contribution in [2.24, 2.45) is 11.8 Å². The minimum Gasteiger partial charge on any atom is -0.469 e. The Bertz CT molecular complexity index is 232. The van der Waals surface area contributed by atoms with Crippen LogP contribution in [-0.4, -0.2) is 25.7 Å². The van der Waals surface area contributed by atoms with Crippen molar-refractivity contribution in [2.45, 2.75) is 51.0 Å². The summed E-state index contributed by atoms with van der Waals surface area (Å²) in [5.74, 6) is 0.668. The number of methoxy groups -OCH3 is 1. The summed E-state index contributed by atoms with van der Waals surface area (Å²) >= 11 is 0. The summed E-state index contributed by atoms with van der Waals surface area (Å²) in [5.41, 5.74) is 0. The second-order valence-corrected chi connectivity index (χ2v) is 5.21. The van der Waals surface area contributed by atoms with Gasteiger partial charge in [0, 0.05) is 12.6 Å². The Kier molecular flexibility index (Phi) is 4.22. The molecule has 1 N–H and O–H groups in total. The molecule has 0 amide bonds. The smallest absolute Gasteiger partial charge is 0.310 e. The third kappa shape index (κ3) is 3.21. The number of esters is 1. The highest BCUT2D eigenvalue weighted by atomic mass is 16.5. The number of ether oxygens (including phenoxy) is 1. The number of hydrogen-bond acceptors (Lipinski definition) is 3. The minimum atomic E-state index is -0.0224. The van der Waals surface area contributed by atoms with E-state index in [4.69, 9.17) is 4.74 Å². The van der Waals surface area contributed by atoms with E-state index >= 15 is 0 Å². The minimum absolute atomic E-state index is 0.0224. The normalized spacial score (nSPS) is 24.1. The third-order valence-electron chi connectivity index (χ3n) is 3.93. The molecule has 0 spiro atoms. The molecule has 2 rings (SSSR count). The van der Waals surface area contributed by atoms with Gasteiger partial charge in [-0.2, -0.15) is 0 Å². The molecule has 0 heterocycles. The van der Waals surface area contributed by atoms with Gasteiger partial charge in [0.05, 0.1) is 13.0 Å². The van der Waals surface area contributed by atoms with Crippen LogP contribution in [0.2, 0.25) is 0 Å². The zero-order valence-electron chi connectivity index (χ0n) is 10.2. The van der Waals surface area contributed by atoms with Gasteiger partial charge >= 0.3 is 5.97 Å². The Labute approximate surface area is 97.9 Å². The highest BCUT2D eigenvalue weighted by Gasteiger charge is 2.36. The van der Waals surface area contributed by atoms with Crippen molar-refractivity contribution in [2.75, 3.05) is 13.7 Å². The van der Waals surface area contributed by atoms with Crippen LogP contribution in [-0.2, 0) is 9.53 Å². The molecule has 2 aliphatic rings. The highest BCUT2D eigenvalue weighted by Crippen LogP contribution is 2.37. The molecule has 92 valence electrons. The van der Waals surface area contributed by atoms with Crippen LogP contribution in [0.1, 0.15) is 44.9 Å². The molecular formula is C13H23NO2. The lowest BCUT2D eigenvalue weighted by Crippen LogP contribution is -2.38. The summed E-state index contributed by atoms with van der Waals surface area (Å²) < 4.78 is 4.87. The summed E-state index contributed by atoms with van der Waals surface area (Å²) in [6, 6.07) is 0.639. The van der Waals surface area contributed by atoms with Gasteiger partial charge in [0.2, 0.25) is 0 Å². The SMILES string of the molecule is COC(=O)C(CNC1CCCCC1)C1CC1. The lowest BCUT2D eigenvalue weighted by Gasteiger charge is -2.25. The van der Waals surface area contributed by atoms with E-state index in [1.165, 1.54) is 52.1 Å². The lowest BCUT2D eigenvalue weighted by molar-refractivity contribution is -0.146. The maximum Gasteiger partial charge on any atom is 0.310 e. The Balaban J connectivity index is 1.74. The largest absolute Gasteiger partial charge is 0.469 e. The van der Waals surface area contributed by atoms with Crippen LogP contribution >= 0.6 is 0 Å². The second-order valence-electron chi connectivity index (χ2n) is 5.21. The van der Waals surface area contributed by atoms with E-state index in [-0.39, 0.29) is 11.9 Å². The topological polar surface area (TPSA) is 38.3 Å². The van der Waals surface area contributed by atoms with E-state index in [9.17, 15) is 4.79 Å². The van der Waals surface area contributed by atoms with E-state index in [0.29, 0.717) is 12.0 Å². The van der Waals surface area contributed by atoms with Crippen LogP contribution in [0.4, 0.5) is 0 Å². The van der Waals surface area contributed by atoms with Gasteiger partial charge in [0.25, 0.3) is 0 Å². The molecule has 3 heteroatoms. The number of carbonyl (C=O) groups excluding carboxylic acids is 1. The van der Waals surface area contributed by atoms with Crippen LogP contribution in [0, 0.1) is 11.8 Å². The summed E-state index contributed by atoms with van der Waals surface area (Å²) in [7, 11) is 1.50. The molecule has 3 nitrogen and oxygen atoms in total. The maximum absolute atomic E-state index is 11.6. The molecule has 2 fully saturated rings. The van der Waals surface area contributed by atoms with Crippen molar-refractivity contribution in [1.82, 2.24) is 5.32 Å². The fraction of sp³-hybridized carbons (Fsp3) is 0.923. The van der Waals surface area contributed by atoms with E-state index in [1.807, 2.05) is 0 Å². The molecule has 0 bridgehead atoms. The Morgan fingerprint density at radius 3 is 2.50 bits per heavy atom. The van der Waals surface area contributed by atoms with Crippen LogP contribution in [0.3, 0.4) is 0 Å². The first kappa shape index (κ1) is 11.9. The number of nitrogens with one attached hydrogen (secondary N) is 1. The molecule has 0 aromatic heterocycles. The average Bonchev–Trinajstić information content (AvgIpc) is 3.15. The van der Waals surface area contributed by atoms with Crippen molar-refractivity contribution in [3.05, 3.63) is 0 Å². The van der Waals surface area contributed by atoms with E-state index < -0.39 is 0 Å². The first-order chi connectivity index (χ1) is 7.81. The van der Waals surface area contributed by atoms with Crippen LogP contribution in [0.5, 0.6) is 0 Å². The molecule has 0 aromatic carbocycles. The van der Waals surface area contributed by atoms with Crippen molar-refractivity contribution in [3.8, 4) is 0 Å². The van der Waals surface area contributed by atoms with E-state index in [0.717, 1.165) is 6.54 Å². The summed E-state index contributed by atoms with van der Waals surface area (Å²) in [6.45, 7) is 0.821. The monoisotopic (exact) mass is 225 g/mol. The zero-order chi connectivity index (χ0) is 11.4. The van der Waals surface area contributed by atoms with Gasteiger partial charge < -0.3 is 10.1 Å². The average molecular weight is 225 g/mol.